The highest BCUT2D eigenvalue weighted by Gasteiger charge is 2.06. The van der Waals surface area contributed by atoms with Crippen LogP contribution >= 0.6 is 11.6 Å². The van der Waals surface area contributed by atoms with Gasteiger partial charge in [-0.3, -0.25) is 0 Å². The molecule has 0 fully saturated rings. The summed E-state index contributed by atoms with van der Waals surface area (Å²) in [6, 6.07) is 6.31. The molecule has 1 heterocycles. The quantitative estimate of drug-likeness (QED) is 0.789. The normalized spacial score (nSPS) is 10.9. The molecular formula is C16H22ClN3. The first-order valence-electron chi connectivity index (χ1n) is 7.22. The summed E-state index contributed by atoms with van der Waals surface area (Å²) in [5, 5.41) is 4.21. The maximum absolute atomic E-state index is 6.35. The second-order valence-corrected chi connectivity index (χ2v) is 5.32. The summed E-state index contributed by atoms with van der Waals surface area (Å²) in [6.45, 7) is 7.08. The number of aromatic nitrogens is 2. The van der Waals surface area contributed by atoms with Crippen LogP contribution in [-0.2, 0) is 19.5 Å². The van der Waals surface area contributed by atoms with E-state index in [0.717, 1.165) is 48.9 Å². The van der Waals surface area contributed by atoms with E-state index in [1.807, 2.05) is 12.4 Å². The molecule has 0 saturated carbocycles. The molecule has 0 radical (unpaired) electrons. The van der Waals surface area contributed by atoms with Crippen LogP contribution in [0.15, 0.2) is 30.6 Å². The molecule has 0 aliphatic rings. The maximum atomic E-state index is 6.35. The van der Waals surface area contributed by atoms with E-state index in [9.17, 15) is 0 Å². The van der Waals surface area contributed by atoms with Crippen molar-refractivity contribution in [1.82, 2.24) is 14.9 Å². The molecule has 1 N–H and O–H groups in total. The Kier molecular flexibility index (Phi) is 5.62. The molecule has 2 aromatic rings. The van der Waals surface area contributed by atoms with Crippen LogP contribution in [0.25, 0.3) is 0 Å². The summed E-state index contributed by atoms with van der Waals surface area (Å²) < 4.78 is 2.16. The number of nitrogens with zero attached hydrogens (tertiary/aromatic N) is 2. The lowest BCUT2D eigenvalue weighted by atomic mass is 10.1. The monoisotopic (exact) mass is 291 g/mol. The summed E-state index contributed by atoms with van der Waals surface area (Å²) in [5.41, 5.74) is 2.36. The van der Waals surface area contributed by atoms with Gasteiger partial charge in [0.15, 0.2) is 0 Å². The molecule has 0 aliphatic heterocycles. The standard InChI is InChI=1S/C16H22ClN3/c1-3-7-18-12-14-6-5-13(10-15(14)17)11-16-19-8-9-20(16)4-2/h5-6,8-10,18H,3-4,7,11-12H2,1-2H3. The molecule has 1 aromatic heterocycles. The van der Waals surface area contributed by atoms with E-state index in [2.05, 4.69) is 46.9 Å². The number of hydrogen-bond donors (Lipinski definition) is 1. The Morgan fingerprint density at radius 1 is 1.30 bits per heavy atom. The fourth-order valence-electron chi connectivity index (χ4n) is 2.22. The SMILES string of the molecule is CCCNCc1ccc(Cc2nccn2CC)cc1Cl. The average Bonchev–Trinajstić information content (AvgIpc) is 2.88. The van der Waals surface area contributed by atoms with E-state index in [4.69, 9.17) is 11.6 Å². The molecule has 2 rings (SSSR count). The van der Waals surface area contributed by atoms with Crippen molar-refractivity contribution in [3.8, 4) is 0 Å². The Morgan fingerprint density at radius 2 is 2.15 bits per heavy atom. The van der Waals surface area contributed by atoms with Gasteiger partial charge in [0, 0.05) is 36.9 Å². The topological polar surface area (TPSA) is 29.9 Å². The van der Waals surface area contributed by atoms with Crippen molar-refractivity contribution < 1.29 is 0 Å². The lowest BCUT2D eigenvalue weighted by molar-refractivity contribution is 0.675. The molecule has 0 unspecified atom stereocenters. The Labute approximate surface area is 126 Å². The first kappa shape index (κ1) is 15.1. The second kappa shape index (κ2) is 7.46. The minimum Gasteiger partial charge on any atom is -0.335 e. The number of aryl methyl sites for hydroxylation is 1. The number of hydrogen-bond acceptors (Lipinski definition) is 2. The van der Waals surface area contributed by atoms with Crippen molar-refractivity contribution in [1.29, 1.82) is 0 Å². The largest absolute Gasteiger partial charge is 0.335 e. The third kappa shape index (κ3) is 3.84. The molecule has 0 saturated heterocycles. The predicted molar refractivity (Wildman–Crippen MR) is 84.2 cm³/mol. The first-order chi connectivity index (χ1) is 9.74. The third-order valence-electron chi connectivity index (χ3n) is 3.36. The lowest BCUT2D eigenvalue weighted by Gasteiger charge is -2.09. The Hall–Kier alpha value is -1.32. The summed E-state index contributed by atoms with van der Waals surface area (Å²) >= 11 is 6.35. The van der Waals surface area contributed by atoms with Gasteiger partial charge in [0.1, 0.15) is 5.82 Å². The van der Waals surface area contributed by atoms with Crippen molar-refractivity contribution in [3.05, 3.63) is 52.6 Å². The van der Waals surface area contributed by atoms with Gasteiger partial charge in [0.25, 0.3) is 0 Å². The molecule has 0 aliphatic carbocycles. The molecule has 108 valence electrons. The second-order valence-electron chi connectivity index (χ2n) is 4.91. The maximum Gasteiger partial charge on any atom is 0.113 e. The summed E-state index contributed by atoms with van der Waals surface area (Å²) in [5.74, 6) is 1.08. The van der Waals surface area contributed by atoms with E-state index in [0.29, 0.717) is 0 Å². The first-order valence-corrected chi connectivity index (χ1v) is 7.60. The minimum absolute atomic E-state index is 0.823. The van der Waals surface area contributed by atoms with Crippen molar-refractivity contribution in [2.75, 3.05) is 6.54 Å². The van der Waals surface area contributed by atoms with Crippen LogP contribution in [-0.4, -0.2) is 16.1 Å². The summed E-state index contributed by atoms with van der Waals surface area (Å²) in [4.78, 5) is 4.40. The van der Waals surface area contributed by atoms with Gasteiger partial charge in [0.05, 0.1) is 0 Å². The van der Waals surface area contributed by atoms with Crippen LogP contribution in [0.1, 0.15) is 37.2 Å². The zero-order valence-corrected chi connectivity index (χ0v) is 13.0. The number of imidazole rings is 1. The van der Waals surface area contributed by atoms with Gasteiger partial charge in [0.2, 0.25) is 0 Å². The number of nitrogens with one attached hydrogen (secondary N) is 1. The van der Waals surface area contributed by atoms with E-state index >= 15 is 0 Å². The van der Waals surface area contributed by atoms with Crippen LogP contribution in [0.3, 0.4) is 0 Å². The van der Waals surface area contributed by atoms with E-state index in [-0.39, 0.29) is 0 Å². The van der Waals surface area contributed by atoms with E-state index < -0.39 is 0 Å². The molecule has 3 nitrogen and oxygen atoms in total. The van der Waals surface area contributed by atoms with Crippen LogP contribution in [0.4, 0.5) is 0 Å². The van der Waals surface area contributed by atoms with Crippen LogP contribution in [0.2, 0.25) is 5.02 Å². The van der Waals surface area contributed by atoms with E-state index in [1.54, 1.807) is 0 Å². The highest BCUT2D eigenvalue weighted by Crippen LogP contribution is 2.19. The van der Waals surface area contributed by atoms with E-state index in [1.165, 1.54) is 5.56 Å². The molecule has 0 bridgehead atoms. The van der Waals surface area contributed by atoms with Crippen molar-refractivity contribution in [3.63, 3.8) is 0 Å². The Bertz CT molecular complexity index is 548. The van der Waals surface area contributed by atoms with Crippen LogP contribution in [0, 0.1) is 0 Å². The van der Waals surface area contributed by atoms with Crippen LogP contribution in [0.5, 0.6) is 0 Å². The van der Waals surface area contributed by atoms with Gasteiger partial charge in [-0.15, -0.1) is 0 Å². The Balaban J connectivity index is 2.05. The van der Waals surface area contributed by atoms with Gasteiger partial charge in [-0.2, -0.15) is 0 Å². The molecule has 0 spiro atoms. The smallest absolute Gasteiger partial charge is 0.113 e. The van der Waals surface area contributed by atoms with Gasteiger partial charge >= 0.3 is 0 Å². The molecule has 0 atom stereocenters. The fourth-order valence-corrected chi connectivity index (χ4v) is 2.49. The zero-order chi connectivity index (χ0) is 14.4. The summed E-state index contributed by atoms with van der Waals surface area (Å²) in [7, 11) is 0. The number of rotatable bonds is 7. The average molecular weight is 292 g/mol. The molecule has 1 aromatic carbocycles. The zero-order valence-electron chi connectivity index (χ0n) is 12.2. The highest BCUT2D eigenvalue weighted by molar-refractivity contribution is 6.31. The van der Waals surface area contributed by atoms with Gasteiger partial charge in [-0.1, -0.05) is 30.7 Å². The third-order valence-corrected chi connectivity index (χ3v) is 3.72. The predicted octanol–water partition coefficient (Wildman–Crippen LogP) is 3.65. The van der Waals surface area contributed by atoms with Crippen molar-refractivity contribution >= 4 is 11.6 Å². The molecular weight excluding hydrogens is 270 g/mol. The summed E-state index contributed by atoms with van der Waals surface area (Å²) in [6.07, 6.45) is 5.82. The lowest BCUT2D eigenvalue weighted by Crippen LogP contribution is -2.14. The molecule has 4 heteroatoms. The number of halogens is 1. The van der Waals surface area contributed by atoms with Gasteiger partial charge < -0.3 is 9.88 Å². The minimum atomic E-state index is 0.823. The fraction of sp³-hybridized carbons (Fsp3) is 0.438. The molecule has 20 heavy (non-hydrogen) atoms. The van der Waals surface area contributed by atoms with Crippen LogP contribution < -0.4 is 5.32 Å². The van der Waals surface area contributed by atoms with Gasteiger partial charge in [-0.25, -0.2) is 4.98 Å². The van der Waals surface area contributed by atoms with Crippen molar-refractivity contribution in [2.24, 2.45) is 0 Å². The molecule has 0 amide bonds. The highest BCUT2D eigenvalue weighted by atomic mass is 35.5. The van der Waals surface area contributed by atoms with Gasteiger partial charge in [-0.05, 0) is 37.1 Å². The Morgan fingerprint density at radius 3 is 2.85 bits per heavy atom. The number of benzene rings is 1. The van der Waals surface area contributed by atoms with Crippen molar-refractivity contribution in [2.45, 2.75) is 39.8 Å².